The number of hydrogen-bond donors (Lipinski definition) is 3. The van der Waals surface area contributed by atoms with E-state index < -0.39 is 36.0 Å². The average Bonchev–Trinajstić information content (AvgIpc) is 3.58. The van der Waals surface area contributed by atoms with Crippen molar-refractivity contribution >= 4 is 29.6 Å². The first kappa shape index (κ1) is 33.2. The van der Waals surface area contributed by atoms with Crippen molar-refractivity contribution in [2.24, 2.45) is 5.92 Å². The Balaban J connectivity index is 1.31. The number of esters is 1. The number of carbonyl (C=O) groups excluding carboxylic acids is 5. The number of fused-ring (bicyclic) bond motifs is 1. The molecule has 46 heavy (non-hydrogen) atoms. The van der Waals surface area contributed by atoms with Crippen LogP contribution in [0.2, 0.25) is 0 Å². The number of rotatable bonds is 10. The van der Waals surface area contributed by atoms with Crippen LogP contribution in [0.4, 0.5) is 0 Å². The molecular weight excluding hydrogens is 584 g/mol. The minimum atomic E-state index is -0.893. The van der Waals surface area contributed by atoms with Crippen molar-refractivity contribution in [2.75, 3.05) is 13.2 Å². The third-order valence-electron chi connectivity index (χ3n) is 9.43. The summed E-state index contributed by atoms with van der Waals surface area (Å²) in [7, 11) is 0. The minimum absolute atomic E-state index is 0.177. The molecule has 0 radical (unpaired) electrons. The molecule has 1 aliphatic carbocycles. The Morgan fingerprint density at radius 3 is 2.11 bits per heavy atom. The van der Waals surface area contributed by atoms with E-state index >= 15 is 0 Å². The van der Waals surface area contributed by atoms with E-state index in [9.17, 15) is 24.0 Å². The van der Waals surface area contributed by atoms with Crippen molar-refractivity contribution in [2.45, 2.75) is 101 Å². The topological polar surface area (TPSA) is 134 Å². The van der Waals surface area contributed by atoms with Crippen LogP contribution in [-0.2, 0) is 30.3 Å². The molecule has 4 atom stereocenters. The van der Waals surface area contributed by atoms with Gasteiger partial charge in [0, 0.05) is 13.0 Å². The number of amides is 4. The van der Waals surface area contributed by atoms with Crippen molar-refractivity contribution < 1.29 is 28.7 Å². The summed E-state index contributed by atoms with van der Waals surface area (Å²) in [6.45, 7) is 0.587. The van der Waals surface area contributed by atoms with Gasteiger partial charge in [0.2, 0.25) is 23.6 Å². The lowest BCUT2D eigenvalue weighted by Crippen LogP contribution is -2.61. The molecular formula is C36H46N4O6. The lowest BCUT2D eigenvalue weighted by molar-refractivity contribution is -0.143. The van der Waals surface area contributed by atoms with Crippen molar-refractivity contribution in [3.63, 3.8) is 0 Å². The van der Waals surface area contributed by atoms with Crippen LogP contribution in [0.25, 0.3) is 0 Å². The van der Waals surface area contributed by atoms with Gasteiger partial charge in [0.25, 0.3) is 0 Å². The Morgan fingerprint density at radius 1 is 0.717 bits per heavy atom. The summed E-state index contributed by atoms with van der Waals surface area (Å²) in [4.78, 5) is 69.2. The van der Waals surface area contributed by atoms with Crippen LogP contribution in [0.15, 0.2) is 60.7 Å². The molecule has 2 aromatic carbocycles. The first-order valence-corrected chi connectivity index (χ1v) is 16.9. The standard InChI is InChI=1S/C36H46N4O6/c41-32-28(19-10-11-22-46-36(45)27-17-8-3-9-18-27)37-34(43)31-20-12-21-40(31)35(44)30(24-26-15-6-2-7-16-26)39-33(42)29(38-32)23-25-13-4-1-5-14-25/h2-3,6-9,15-18,25,28-31H,1,4-5,10-14,19-24H2,(H,37,43)(H,38,41)(H,39,42)/t28-,29+,30-,31+/m0/s1. The Labute approximate surface area is 271 Å². The van der Waals surface area contributed by atoms with Crippen molar-refractivity contribution in [1.82, 2.24) is 20.9 Å². The molecule has 3 fully saturated rings. The van der Waals surface area contributed by atoms with Gasteiger partial charge in [-0.3, -0.25) is 19.2 Å². The second-order valence-corrected chi connectivity index (χ2v) is 12.8. The molecule has 10 nitrogen and oxygen atoms in total. The van der Waals surface area contributed by atoms with E-state index in [1.807, 2.05) is 36.4 Å². The largest absolute Gasteiger partial charge is 0.462 e. The first-order chi connectivity index (χ1) is 22.4. The van der Waals surface area contributed by atoms with Gasteiger partial charge in [-0.15, -0.1) is 0 Å². The Hall–Kier alpha value is -4.21. The minimum Gasteiger partial charge on any atom is -0.462 e. The molecule has 2 heterocycles. The number of ether oxygens (including phenoxy) is 1. The molecule has 0 bridgehead atoms. The Morgan fingerprint density at radius 2 is 1.37 bits per heavy atom. The third-order valence-corrected chi connectivity index (χ3v) is 9.43. The molecule has 3 aliphatic rings. The van der Waals surface area contributed by atoms with Crippen LogP contribution in [0, 0.1) is 5.92 Å². The molecule has 2 aliphatic heterocycles. The van der Waals surface area contributed by atoms with Gasteiger partial charge in [-0.1, -0.05) is 80.6 Å². The van der Waals surface area contributed by atoms with Crippen LogP contribution in [0.5, 0.6) is 0 Å². The monoisotopic (exact) mass is 630 g/mol. The lowest BCUT2D eigenvalue weighted by atomic mass is 9.84. The lowest BCUT2D eigenvalue weighted by Gasteiger charge is -2.33. The smallest absolute Gasteiger partial charge is 0.338 e. The van der Waals surface area contributed by atoms with Gasteiger partial charge >= 0.3 is 5.97 Å². The molecule has 10 heteroatoms. The molecule has 3 N–H and O–H groups in total. The fourth-order valence-corrected chi connectivity index (χ4v) is 6.90. The molecule has 2 saturated heterocycles. The van der Waals surface area contributed by atoms with E-state index in [4.69, 9.17) is 4.74 Å². The van der Waals surface area contributed by atoms with Crippen molar-refractivity contribution in [3.8, 4) is 0 Å². The summed E-state index contributed by atoms with van der Waals surface area (Å²) in [5.74, 6) is -1.56. The molecule has 0 spiro atoms. The summed E-state index contributed by atoms with van der Waals surface area (Å²) >= 11 is 0. The third kappa shape index (κ3) is 8.95. The summed E-state index contributed by atoms with van der Waals surface area (Å²) in [6, 6.07) is 14.9. The molecule has 4 amide bonds. The van der Waals surface area contributed by atoms with Crippen molar-refractivity contribution in [3.05, 3.63) is 71.8 Å². The van der Waals surface area contributed by atoms with E-state index in [2.05, 4.69) is 16.0 Å². The predicted molar refractivity (Wildman–Crippen MR) is 172 cm³/mol. The van der Waals surface area contributed by atoms with Gasteiger partial charge in [0.15, 0.2) is 0 Å². The Bertz CT molecular complexity index is 1350. The zero-order valence-corrected chi connectivity index (χ0v) is 26.5. The van der Waals surface area contributed by atoms with Gasteiger partial charge in [-0.05, 0) is 62.1 Å². The van der Waals surface area contributed by atoms with Crippen LogP contribution in [0.1, 0.15) is 86.6 Å². The van der Waals surface area contributed by atoms with Gasteiger partial charge in [0.05, 0.1) is 12.2 Å². The second-order valence-electron chi connectivity index (χ2n) is 12.8. The summed E-state index contributed by atoms with van der Waals surface area (Å²) in [6.07, 6.45) is 8.54. The van der Waals surface area contributed by atoms with E-state index in [0.29, 0.717) is 50.6 Å². The summed E-state index contributed by atoms with van der Waals surface area (Å²) in [5, 5.41) is 8.88. The number of nitrogens with one attached hydrogen (secondary N) is 3. The van der Waals surface area contributed by atoms with E-state index in [1.165, 1.54) is 6.42 Å². The first-order valence-electron chi connectivity index (χ1n) is 16.9. The fourth-order valence-electron chi connectivity index (χ4n) is 6.90. The van der Waals surface area contributed by atoms with Crippen LogP contribution in [0.3, 0.4) is 0 Å². The maximum absolute atomic E-state index is 14.0. The molecule has 1 saturated carbocycles. The van der Waals surface area contributed by atoms with Crippen LogP contribution in [-0.4, -0.2) is 71.8 Å². The van der Waals surface area contributed by atoms with E-state index in [0.717, 1.165) is 31.2 Å². The molecule has 2 aromatic rings. The van der Waals surface area contributed by atoms with Crippen LogP contribution < -0.4 is 16.0 Å². The second kappa shape index (κ2) is 16.4. The number of unbranched alkanes of at least 4 members (excludes halogenated alkanes) is 1. The van der Waals surface area contributed by atoms with Crippen LogP contribution >= 0.6 is 0 Å². The van der Waals surface area contributed by atoms with E-state index in [1.54, 1.807) is 29.2 Å². The zero-order chi connectivity index (χ0) is 32.3. The maximum Gasteiger partial charge on any atom is 0.338 e. The predicted octanol–water partition coefficient (Wildman–Crippen LogP) is 3.69. The molecule has 5 rings (SSSR count). The normalized spacial score (nSPS) is 24.6. The molecule has 0 unspecified atom stereocenters. The van der Waals surface area contributed by atoms with Crippen molar-refractivity contribution in [1.29, 1.82) is 0 Å². The maximum atomic E-state index is 14.0. The average molecular weight is 631 g/mol. The summed E-state index contributed by atoms with van der Waals surface area (Å²) in [5.41, 5.74) is 1.37. The molecule has 246 valence electrons. The number of carbonyl (C=O) groups is 5. The van der Waals surface area contributed by atoms with Gasteiger partial charge < -0.3 is 25.6 Å². The number of benzene rings is 2. The highest BCUT2D eigenvalue weighted by Crippen LogP contribution is 2.28. The number of hydrogen-bond acceptors (Lipinski definition) is 6. The SMILES string of the molecule is O=C(OCCCC[C@@H]1NC(=O)[C@H]2CCCN2C(=O)[C@H](Cc2ccccc2)NC(=O)[C@@H](CC2CCCCC2)NC1=O)c1ccccc1. The zero-order valence-electron chi connectivity index (χ0n) is 26.5. The highest BCUT2D eigenvalue weighted by atomic mass is 16.5. The summed E-state index contributed by atoms with van der Waals surface area (Å²) < 4.78 is 5.39. The quantitative estimate of drug-likeness (QED) is 0.271. The van der Waals surface area contributed by atoms with E-state index in [-0.39, 0.29) is 36.7 Å². The van der Waals surface area contributed by atoms with Gasteiger partial charge in [-0.25, -0.2) is 4.79 Å². The highest BCUT2D eigenvalue weighted by molar-refractivity contribution is 5.98. The number of nitrogens with zero attached hydrogens (tertiary/aromatic N) is 1. The fraction of sp³-hybridized carbons (Fsp3) is 0.528. The highest BCUT2D eigenvalue weighted by Gasteiger charge is 2.41. The van der Waals surface area contributed by atoms with Gasteiger partial charge in [0.1, 0.15) is 24.2 Å². The molecule has 0 aromatic heterocycles. The Kier molecular flexibility index (Phi) is 11.8. The van der Waals surface area contributed by atoms with Gasteiger partial charge in [-0.2, -0.15) is 0 Å².